The van der Waals surface area contributed by atoms with E-state index < -0.39 is 5.97 Å². The van der Waals surface area contributed by atoms with Crippen LogP contribution in [0.15, 0.2) is 24.3 Å². The van der Waals surface area contributed by atoms with Gasteiger partial charge in [0.05, 0.1) is 0 Å². The molecule has 0 spiro atoms. The maximum Gasteiger partial charge on any atom is 0.309 e. The fourth-order valence-electron chi connectivity index (χ4n) is 1.64. The van der Waals surface area contributed by atoms with Crippen LogP contribution >= 0.6 is 11.3 Å². The van der Waals surface area contributed by atoms with Gasteiger partial charge in [0.2, 0.25) is 10.5 Å². The van der Waals surface area contributed by atoms with Crippen LogP contribution in [0.4, 0.5) is 0 Å². The summed E-state index contributed by atoms with van der Waals surface area (Å²) in [4.78, 5) is 10.5. The molecule has 0 fully saturated rings. The second-order valence-electron chi connectivity index (χ2n) is 3.38. The van der Waals surface area contributed by atoms with Gasteiger partial charge in [0.1, 0.15) is 11.1 Å². The van der Waals surface area contributed by atoms with E-state index in [0.717, 1.165) is 10.5 Å². The molecule has 1 aromatic heterocycles. The van der Waals surface area contributed by atoms with Crippen molar-refractivity contribution in [2.75, 3.05) is 0 Å². The molecule has 0 bridgehead atoms. The third-order valence-corrected chi connectivity index (χ3v) is 3.42. The van der Waals surface area contributed by atoms with Gasteiger partial charge >= 0.3 is 5.97 Å². The summed E-state index contributed by atoms with van der Waals surface area (Å²) < 4.78 is 3.27. The molecule has 1 aromatic carbocycles. The third-order valence-electron chi connectivity index (χ3n) is 2.34. The molecule has 2 rings (SSSR count). The Morgan fingerprint density at radius 3 is 2.81 bits per heavy atom. The van der Waals surface area contributed by atoms with Crippen LogP contribution in [-0.4, -0.2) is 11.1 Å². The van der Waals surface area contributed by atoms with Crippen LogP contribution < -0.4 is 28.5 Å². The Morgan fingerprint density at radius 1 is 1.44 bits per heavy atom. The van der Waals surface area contributed by atoms with E-state index in [9.17, 15) is 4.79 Å². The molecule has 0 aliphatic rings. The number of aryl methyl sites for hydroxylation is 2. The number of aliphatic carboxylic acids is 1. The van der Waals surface area contributed by atoms with E-state index in [1.807, 2.05) is 25.1 Å². The lowest BCUT2D eigenvalue weighted by molar-refractivity contribution is -0.671. The Morgan fingerprint density at radius 2 is 2.12 bits per heavy atom. The van der Waals surface area contributed by atoms with Gasteiger partial charge in [-0.15, -0.1) is 0 Å². The molecule has 0 unspecified atom stereocenters. The number of nitrogens with zero attached hydrogens (tertiary/aromatic N) is 1. The first kappa shape index (κ1) is 13.4. The Bertz CT molecular complexity index is 510. The van der Waals surface area contributed by atoms with Crippen molar-refractivity contribution in [3.8, 4) is 0 Å². The average Bonchev–Trinajstić information content (AvgIpc) is 2.50. The Kier molecular flexibility index (Phi) is 4.67. The predicted octanol–water partition coefficient (Wildman–Crippen LogP) is -1.02. The van der Waals surface area contributed by atoms with E-state index in [1.165, 1.54) is 4.70 Å². The number of carbonyl (C=O) groups is 1. The Hall–Kier alpha value is -0.690. The smallest absolute Gasteiger partial charge is 0.309 e. The summed E-state index contributed by atoms with van der Waals surface area (Å²) in [6, 6.07) is 8.07. The number of fused-ring (bicyclic) bond motifs is 1. The monoisotopic (exact) mass is 349 g/mol. The lowest BCUT2D eigenvalue weighted by Crippen LogP contribution is -3.00. The number of halogens is 1. The number of rotatable bonds is 3. The van der Waals surface area contributed by atoms with Crippen LogP contribution in [0.25, 0.3) is 10.2 Å². The van der Waals surface area contributed by atoms with Gasteiger partial charge < -0.3 is 29.1 Å². The molecule has 1 N–H and O–H groups in total. The van der Waals surface area contributed by atoms with Crippen LogP contribution in [-0.2, 0) is 11.3 Å². The lowest BCUT2D eigenvalue weighted by Gasteiger charge is -1.93. The number of hydrogen-bond acceptors (Lipinski definition) is 2. The molecule has 0 aliphatic heterocycles. The third kappa shape index (κ3) is 2.70. The van der Waals surface area contributed by atoms with Gasteiger partial charge in [0.25, 0.3) is 0 Å². The van der Waals surface area contributed by atoms with Crippen molar-refractivity contribution in [2.24, 2.45) is 0 Å². The van der Waals surface area contributed by atoms with Crippen molar-refractivity contribution >= 4 is 27.5 Å². The number of carboxylic acids is 1. The summed E-state index contributed by atoms with van der Waals surface area (Å²) in [5.74, 6) is -0.753. The van der Waals surface area contributed by atoms with Crippen LogP contribution in [0, 0.1) is 6.92 Å². The quantitative estimate of drug-likeness (QED) is 0.569. The Labute approximate surface area is 115 Å². The summed E-state index contributed by atoms with van der Waals surface area (Å²) in [6.07, 6.45) is 0.173. The highest BCUT2D eigenvalue weighted by Crippen LogP contribution is 2.19. The fourth-order valence-corrected chi connectivity index (χ4v) is 2.68. The molecular weight excluding hydrogens is 337 g/mol. The number of benzene rings is 1. The molecule has 5 heteroatoms. The molecule has 0 saturated heterocycles. The van der Waals surface area contributed by atoms with Crippen LogP contribution in [0.2, 0.25) is 0 Å². The first-order valence-corrected chi connectivity index (χ1v) is 5.60. The molecule has 2 aromatic rings. The number of para-hydroxylation sites is 1. The topological polar surface area (TPSA) is 41.2 Å². The van der Waals surface area contributed by atoms with E-state index in [1.54, 1.807) is 11.3 Å². The van der Waals surface area contributed by atoms with Crippen molar-refractivity contribution in [3.05, 3.63) is 29.3 Å². The molecular formula is C11H12INO2S. The summed E-state index contributed by atoms with van der Waals surface area (Å²) in [5.41, 5.74) is 1.13. The molecule has 86 valence electrons. The Balaban J connectivity index is 0.00000128. The largest absolute Gasteiger partial charge is 1.00 e. The average molecular weight is 349 g/mol. The highest BCUT2D eigenvalue weighted by Gasteiger charge is 2.16. The van der Waals surface area contributed by atoms with E-state index in [2.05, 4.69) is 10.6 Å². The standard InChI is InChI=1S/C11H11NO2S.HI/c1-8-12(7-6-11(13)14)9-4-2-3-5-10(9)15-8;/h2-5H,6-7H2,1H3;1H. The molecule has 0 amide bonds. The molecule has 3 nitrogen and oxygen atoms in total. The molecule has 0 saturated carbocycles. The number of hydrogen-bond donors (Lipinski definition) is 1. The zero-order chi connectivity index (χ0) is 10.8. The van der Waals surface area contributed by atoms with Gasteiger partial charge in [0, 0.05) is 13.0 Å². The minimum atomic E-state index is -0.753. The summed E-state index contributed by atoms with van der Waals surface area (Å²) >= 11 is 1.70. The minimum Gasteiger partial charge on any atom is -1.00 e. The van der Waals surface area contributed by atoms with E-state index in [0.29, 0.717) is 6.54 Å². The number of carboxylic acid groups (broad SMARTS) is 1. The summed E-state index contributed by atoms with van der Waals surface area (Å²) in [6.45, 7) is 2.57. The fraction of sp³-hybridized carbons (Fsp3) is 0.273. The van der Waals surface area contributed by atoms with Crippen molar-refractivity contribution in [2.45, 2.75) is 19.9 Å². The van der Waals surface area contributed by atoms with Gasteiger partial charge in [-0.3, -0.25) is 4.79 Å². The first-order valence-electron chi connectivity index (χ1n) is 4.78. The van der Waals surface area contributed by atoms with Crippen molar-refractivity contribution < 1.29 is 38.4 Å². The summed E-state index contributed by atoms with van der Waals surface area (Å²) in [5, 5.41) is 9.82. The van der Waals surface area contributed by atoms with Gasteiger partial charge in [0.15, 0.2) is 6.54 Å². The van der Waals surface area contributed by atoms with Crippen molar-refractivity contribution in [1.82, 2.24) is 0 Å². The number of aromatic nitrogens is 1. The maximum atomic E-state index is 10.5. The van der Waals surface area contributed by atoms with Crippen LogP contribution in [0.1, 0.15) is 11.4 Å². The number of thiazole rings is 1. The predicted molar refractivity (Wildman–Crippen MR) is 59.0 cm³/mol. The van der Waals surface area contributed by atoms with Gasteiger partial charge in [-0.05, 0) is 6.07 Å². The summed E-state index contributed by atoms with van der Waals surface area (Å²) in [7, 11) is 0. The van der Waals surface area contributed by atoms with E-state index in [-0.39, 0.29) is 30.4 Å². The highest BCUT2D eigenvalue weighted by molar-refractivity contribution is 7.18. The molecule has 0 atom stereocenters. The molecule has 0 aliphatic carbocycles. The van der Waals surface area contributed by atoms with Crippen LogP contribution in [0.5, 0.6) is 0 Å². The van der Waals surface area contributed by atoms with Crippen LogP contribution in [0.3, 0.4) is 0 Å². The second kappa shape index (κ2) is 5.58. The molecule has 16 heavy (non-hydrogen) atoms. The molecule has 1 heterocycles. The molecule has 0 radical (unpaired) electrons. The highest BCUT2D eigenvalue weighted by atomic mass is 127. The van der Waals surface area contributed by atoms with Gasteiger partial charge in [-0.1, -0.05) is 23.5 Å². The van der Waals surface area contributed by atoms with Gasteiger partial charge in [-0.2, -0.15) is 4.57 Å². The van der Waals surface area contributed by atoms with Crippen molar-refractivity contribution in [1.29, 1.82) is 0 Å². The van der Waals surface area contributed by atoms with Gasteiger partial charge in [-0.25, -0.2) is 0 Å². The maximum absolute atomic E-state index is 10.5. The first-order chi connectivity index (χ1) is 7.18. The second-order valence-corrected chi connectivity index (χ2v) is 4.62. The zero-order valence-corrected chi connectivity index (χ0v) is 11.8. The SMILES string of the molecule is Cc1sc2ccccc2[n+]1CCC(=O)O.[I-]. The van der Waals surface area contributed by atoms with E-state index >= 15 is 0 Å². The normalized spacial score (nSPS) is 10.1. The minimum absolute atomic E-state index is 0. The zero-order valence-electron chi connectivity index (χ0n) is 8.81. The van der Waals surface area contributed by atoms with E-state index in [4.69, 9.17) is 5.11 Å². The lowest BCUT2D eigenvalue weighted by atomic mass is 10.3. The van der Waals surface area contributed by atoms with Crippen molar-refractivity contribution in [3.63, 3.8) is 0 Å².